The van der Waals surface area contributed by atoms with Gasteiger partial charge >= 0.3 is 5.97 Å². The number of rotatable bonds is 5. The average Bonchev–Trinajstić information content (AvgIpc) is 2.41. The number of amides is 1. The van der Waals surface area contributed by atoms with Gasteiger partial charge in [0.15, 0.2) is 0 Å². The summed E-state index contributed by atoms with van der Waals surface area (Å²) in [6.07, 6.45) is 0.109. The number of ether oxygens (including phenoxy) is 1. The molecule has 0 fully saturated rings. The molecule has 0 aromatic heterocycles. The highest BCUT2D eigenvalue weighted by molar-refractivity contribution is 6.31. The lowest BCUT2D eigenvalue weighted by Gasteiger charge is -2.20. The van der Waals surface area contributed by atoms with Gasteiger partial charge in [0.2, 0.25) is 0 Å². The lowest BCUT2D eigenvalue weighted by Crippen LogP contribution is -2.33. The minimum Gasteiger partial charge on any atom is -0.507 e. The summed E-state index contributed by atoms with van der Waals surface area (Å²) in [5.41, 5.74) is 0.124. The number of hydrogen-bond acceptors (Lipinski definition) is 4. The molecule has 0 aliphatic heterocycles. The van der Waals surface area contributed by atoms with Crippen LogP contribution in [-0.4, -0.2) is 42.1 Å². The number of phenols is 1. The molecule has 0 spiro atoms. The van der Waals surface area contributed by atoms with Crippen LogP contribution in [0, 0.1) is 0 Å². The average molecular weight is 286 g/mol. The Morgan fingerprint density at radius 1 is 1.42 bits per heavy atom. The maximum atomic E-state index is 12.2. The molecule has 1 rings (SSSR count). The number of benzene rings is 1. The number of aromatic hydroxyl groups is 1. The lowest BCUT2D eigenvalue weighted by molar-refractivity contribution is -0.140. The Morgan fingerprint density at radius 3 is 2.68 bits per heavy atom. The van der Waals surface area contributed by atoms with Crippen LogP contribution in [0.1, 0.15) is 23.7 Å². The van der Waals surface area contributed by atoms with Gasteiger partial charge in [0.1, 0.15) is 5.75 Å². The van der Waals surface area contributed by atoms with E-state index in [1.165, 1.54) is 30.2 Å². The minimum atomic E-state index is -0.387. The summed E-state index contributed by atoms with van der Waals surface area (Å²) in [7, 11) is 1.29. The highest BCUT2D eigenvalue weighted by atomic mass is 35.5. The number of carbonyl (C=O) groups excluding carboxylic acids is 2. The van der Waals surface area contributed by atoms with Gasteiger partial charge in [0, 0.05) is 18.1 Å². The normalized spacial score (nSPS) is 10.1. The highest BCUT2D eigenvalue weighted by Crippen LogP contribution is 2.23. The van der Waals surface area contributed by atoms with E-state index in [4.69, 9.17) is 11.6 Å². The molecule has 0 bridgehead atoms. The highest BCUT2D eigenvalue weighted by Gasteiger charge is 2.19. The molecule has 0 saturated heterocycles. The molecule has 6 heteroatoms. The third-order valence-electron chi connectivity index (χ3n) is 2.67. The van der Waals surface area contributed by atoms with E-state index < -0.39 is 0 Å². The Morgan fingerprint density at radius 2 is 2.11 bits per heavy atom. The fourth-order valence-corrected chi connectivity index (χ4v) is 1.75. The summed E-state index contributed by atoms with van der Waals surface area (Å²) < 4.78 is 4.53. The summed E-state index contributed by atoms with van der Waals surface area (Å²) in [6, 6.07) is 4.27. The van der Waals surface area contributed by atoms with Crippen molar-refractivity contribution in [3.63, 3.8) is 0 Å². The van der Waals surface area contributed by atoms with Gasteiger partial charge in [-0.3, -0.25) is 9.59 Å². The zero-order chi connectivity index (χ0) is 14.4. The van der Waals surface area contributed by atoms with Crippen LogP contribution in [0.25, 0.3) is 0 Å². The summed E-state index contributed by atoms with van der Waals surface area (Å²) in [5, 5.41) is 10.0. The summed E-state index contributed by atoms with van der Waals surface area (Å²) in [6.45, 7) is 2.44. The molecule has 0 radical (unpaired) electrons. The van der Waals surface area contributed by atoms with Crippen molar-refractivity contribution in [2.24, 2.45) is 0 Å². The van der Waals surface area contributed by atoms with Gasteiger partial charge in [-0.15, -0.1) is 0 Å². The maximum Gasteiger partial charge on any atom is 0.307 e. The van der Waals surface area contributed by atoms with E-state index in [1.54, 1.807) is 6.92 Å². The Hall–Kier alpha value is -1.75. The van der Waals surface area contributed by atoms with E-state index in [1.807, 2.05) is 0 Å². The Kier molecular flexibility index (Phi) is 5.63. The van der Waals surface area contributed by atoms with Gasteiger partial charge in [-0.05, 0) is 25.1 Å². The van der Waals surface area contributed by atoms with E-state index in [2.05, 4.69) is 4.74 Å². The van der Waals surface area contributed by atoms with Crippen LogP contribution in [0.15, 0.2) is 18.2 Å². The van der Waals surface area contributed by atoms with Crippen molar-refractivity contribution in [3.05, 3.63) is 28.8 Å². The number of hydrogen-bond donors (Lipinski definition) is 1. The van der Waals surface area contributed by atoms with Gasteiger partial charge in [0.25, 0.3) is 5.91 Å². The number of nitrogens with zero attached hydrogens (tertiary/aromatic N) is 1. The molecule has 0 aliphatic rings. The molecule has 0 saturated carbocycles. The number of carbonyl (C=O) groups is 2. The molecule has 19 heavy (non-hydrogen) atoms. The standard InChI is InChI=1S/C13H16ClNO4/c1-3-15(7-6-12(17)19-2)13(18)10-8-9(14)4-5-11(10)16/h4-5,8,16H,3,6-7H2,1-2H3. The predicted molar refractivity (Wildman–Crippen MR) is 71.3 cm³/mol. The minimum absolute atomic E-state index is 0.109. The summed E-state index contributed by atoms with van der Waals surface area (Å²) in [4.78, 5) is 24.7. The molecule has 1 aromatic rings. The molecule has 0 aliphatic carbocycles. The van der Waals surface area contributed by atoms with Crippen LogP contribution in [0.5, 0.6) is 5.75 Å². The zero-order valence-corrected chi connectivity index (χ0v) is 11.6. The third kappa shape index (κ3) is 4.13. The second kappa shape index (κ2) is 6.99. The topological polar surface area (TPSA) is 66.8 Å². The van der Waals surface area contributed by atoms with E-state index in [9.17, 15) is 14.7 Å². The number of methoxy groups -OCH3 is 1. The van der Waals surface area contributed by atoms with Crippen molar-refractivity contribution in [1.29, 1.82) is 0 Å². The van der Waals surface area contributed by atoms with Crippen molar-refractivity contribution in [1.82, 2.24) is 4.90 Å². The van der Waals surface area contributed by atoms with Crippen LogP contribution >= 0.6 is 11.6 Å². The van der Waals surface area contributed by atoms with Crippen molar-refractivity contribution >= 4 is 23.5 Å². The van der Waals surface area contributed by atoms with Crippen LogP contribution in [0.3, 0.4) is 0 Å². The second-order valence-corrected chi connectivity index (χ2v) is 4.31. The first kappa shape index (κ1) is 15.3. The molecule has 0 unspecified atom stereocenters. The molecular formula is C13H16ClNO4. The molecule has 0 heterocycles. The monoisotopic (exact) mass is 285 g/mol. The first-order chi connectivity index (χ1) is 8.99. The molecule has 5 nitrogen and oxygen atoms in total. The maximum absolute atomic E-state index is 12.2. The van der Waals surface area contributed by atoms with Crippen LogP contribution < -0.4 is 0 Å². The van der Waals surface area contributed by atoms with Crippen molar-refractivity contribution < 1.29 is 19.4 Å². The van der Waals surface area contributed by atoms with Gasteiger partial charge in [-0.25, -0.2) is 0 Å². The van der Waals surface area contributed by atoms with Crippen LogP contribution in [0.4, 0.5) is 0 Å². The summed E-state index contributed by atoms with van der Waals surface area (Å²) >= 11 is 5.80. The summed E-state index contributed by atoms with van der Waals surface area (Å²) in [5.74, 6) is -0.890. The van der Waals surface area contributed by atoms with E-state index in [-0.39, 0.29) is 36.2 Å². The van der Waals surface area contributed by atoms with Gasteiger partial charge in [-0.1, -0.05) is 11.6 Å². The molecule has 0 atom stereocenters. The first-order valence-corrected chi connectivity index (χ1v) is 6.22. The zero-order valence-electron chi connectivity index (χ0n) is 10.9. The molecule has 1 amide bonds. The van der Waals surface area contributed by atoms with Crippen molar-refractivity contribution in [2.75, 3.05) is 20.2 Å². The lowest BCUT2D eigenvalue weighted by atomic mass is 10.1. The van der Waals surface area contributed by atoms with Gasteiger partial charge < -0.3 is 14.7 Å². The SMILES string of the molecule is CCN(CCC(=O)OC)C(=O)c1cc(Cl)ccc1O. The number of esters is 1. The molecule has 104 valence electrons. The van der Waals surface area contributed by atoms with E-state index in [0.717, 1.165) is 0 Å². The van der Waals surface area contributed by atoms with Gasteiger partial charge in [0.05, 0.1) is 19.1 Å². The fourth-order valence-electron chi connectivity index (χ4n) is 1.58. The second-order valence-electron chi connectivity index (χ2n) is 3.87. The van der Waals surface area contributed by atoms with Crippen molar-refractivity contribution in [3.8, 4) is 5.75 Å². The predicted octanol–water partition coefficient (Wildman–Crippen LogP) is 2.07. The number of halogens is 1. The van der Waals surface area contributed by atoms with Gasteiger partial charge in [-0.2, -0.15) is 0 Å². The van der Waals surface area contributed by atoms with E-state index >= 15 is 0 Å². The number of phenolic OH excluding ortho intramolecular Hbond substituents is 1. The van der Waals surface area contributed by atoms with Crippen LogP contribution in [-0.2, 0) is 9.53 Å². The molecular weight excluding hydrogens is 270 g/mol. The Balaban J connectivity index is 2.83. The van der Waals surface area contributed by atoms with Crippen LogP contribution in [0.2, 0.25) is 5.02 Å². The van der Waals surface area contributed by atoms with E-state index in [0.29, 0.717) is 11.6 Å². The Labute approximate surface area is 116 Å². The smallest absolute Gasteiger partial charge is 0.307 e. The van der Waals surface area contributed by atoms with Crippen molar-refractivity contribution in [2.45, 2.75) is 13.3 Å². The largest absolute Gasteiger partial charge is 0.507 e. The Bertz CT molecular complexity index is 476. The molecule has 1 aromatic carbocycles. The first-order valence-electron chi connectivity index (χ1n) is 5.84. The molecule has 1 N–H and O–H groups in total. The quantitative estimate of drug-likeness (QED) is 0.841. The fraction of sp³-hybridized carbons (Fsp3) is 0.385. The third-order valence-corrected chi connectivity index (χ3v) is 2.91.